The Bertz CT molecular complexity index is 337. The van der Waals surface area contributed by atoms with Gasteiger partial charge in [0.1, 0.15) is 0 Å². The van der Waals surface area contributed by atoms with E-state index >= 15 is 0 Å². The Hall–Kier alpha value is 0.160. The number of sulfonamides is 1. The zero-order valence-electron chi connectivity index (χ0n) is 11.0. The van der Waals surface area contributed by atoms with Crippen molar-refractivity contribution in [3.63, 3.8) is 0 Å². The fraction of sp³-hybridized carbons (Fsp3) is 1.00. The summed E-state index contributed by atoms with van der Waals surface area (Å²) >= 11 is 5.51. The van der Waals surface area contributed by atoms with E-state index in [0.717, 1.165) is 12.8 Å². The minimum Gasteiger partial charge on any atom is -0.389 e. The van der Waals surface area contributed by atoms with Crippen LogP contribution in [0, 0.1) is 5.92 Å². The first kappa shape index (κ1) is 16.2. The number of halogens is 1. The van der Waals surface area contributed by atoms with Crippen molar-refractivity contribution in [3.05, 3.63) is 0 Å². The highest BCUT2D eigenvalue weighted by Gasteiger charge is 2.32. The van der Waals surface area contributed by atoms with Crippen molar-refractivity contribution in [2.24, 2.45) is 5.92 Å². The van der Waals surface area contributed by atoms with E-state index in [1.807, 2.05) is 0 Å². The van der Waals surface area contributed by atoms with Gasteiger partial charge in [0, 0.05) is 12.4 Å². The van der Waals surface area contributed by atoms with Crippen molar-refractivity contribution in [1.82, 2.24) is 4.72 Å². The third-order valence-corrected chi connectivity index (χ3v) is 5.30. The summed E-state index contributed by atoms with van der Waals surface area (Å²) in [5.41, 5.74) is -0.855. The maximum atomic E-state index is 11.7. The Morgan fingerprint density at radius 3 is 2.50 bits per heavy atom. The minimum atomic E-state index is -3.27. The van der Waals surface area contributed by atoms with E-state index in [2.05, 4.69) is 11.6 Å². The molecule has 0 amide bonds. The van der Waals surface area contributed by atoms with Gasteiger partial charge < -0.3 is 5.11 Å². The third-order valence-electron chi connectivity index (χ3n) is 3.62. The number of hydrogen-bond acceptors (Lipinski definition) is 3. The van der Waals surface area contributed by atoms with Gasteiger partial charge in [0.05, 0.1) is 11.4 Å². The van der Waals surface area contributed by atoms with Gasteiger partial charge in [-0.1, -0.05) is 6.92 Å². The second kappa shape index (κ2) is 7.08. The van der Waals surface area contributed by atoms with Crippen molar-refractivity contribution < 1.29 is 13.5 Å². The molecule has 4 nitrogen and oxygen atoms in total. The van der Waals surface area contributed by atoms with Gasteiger partial charge >= 0.3 is 0 Å². The van der Waals surface area contributed by atoms with Crippen molar-refractivity contribution in [1.29, 1.82) is 0 Å². The van der Waals surface area contributed by atoms with Gasteiger partial charge in [-0.3, -0.25) is 0 Å². The van der Waals surface area contributed by atoms with E-state index in [-0.39, 0.29) is 12.3 Å². The standard InChI is InChI=1S/C12H24ClNO3S/c1-11-4-6-12(15,7-5-11)10-14-18(16,17)9-3-2-8-13/h11,14-15H,2-10H2,1H3. The molecule has 0 spiro atoms. The van der Waals surface area contributed by atoms with Crippen LogP contribution in [0.2, 0.25) is 0 Å². The van der Waals surface area contributed by atoms with E-state index < -0.39 is 15.6 Å². The van der Waals surface area contributed by atoms with E-state index in [4.69, 9.17) is 11.6 Å². The zero-order chi connectivity index (χ0) is 13.6. The summed E-state index contributed by atoms with van der Waals surface area (Å²) in [6.45, 7) is 2.30. The lowest BCUT2D eigenvalue weighted by Crippen LogP contribution is -2.45. The van der Waals surface area contributed by atoms with Gasteiger partial charge in [-0.2, -0.15) is 0 Å². The molecule has 1 fully saturated rings. The van der Waals surface area contributed by atoms with Gasteiger partial charge in [0.15, 0.2) is 0 Å². The molecule has 108 valence electrons. The molecule has 0 aromatic heterocycles. The van der Waals surface area contributed by atoms with Crippen molar-refractivity contribution in [2.75, 3.05) is 18.2 Å². The summed E-state index contributed by atoms with van der Waals surface area (Å²) in [5.74, 6) is 1.20. The van der Waals surface area contributed by atoms with Crippen LogP contribution in [-0.2, 0) is 10.0 Å². The molecule has 1 aliphatic carbocycles. The van der Waals surface area contributed by atoms with Crippen LogP contribution in [0.5, 0.6) is 0 Å². The Kier molecular flexibility index (Phi) is 6.38. The highest BCUT2D eigenvalue weighted by Crippen LogP contribution is 2.31. The molecule has 0 unspecified atom stereocenters. The molecule has 6 heteroatoms. The first-order chi connectivity index (χ1) is 8.37. The van der Waals surface area contributed by atoms with Crippen molar-refractivity contribution in [2.45, 2.75) is 51.0 Å². The van der Waals surface area contributed by atoms with Crippen molar-refractivity contribution in [3.8, 4) is 0 Å². The van der Waals surface area contributed by atoms with Crippen LogP contribution in [0.1, 0.15) is 45.4 Å². The molecule has 0 radical (unpaired) electrons. The van der Waals surface area contributed by atoms with Crippen LogP contribution in [0.15, 0.2) is 0 Å². The van der Waals surface area contributed by atoms with Gasteiger partial charge in [0.25, 0.3) is 0 Å². The smallest absolute Gasteiger partial charge is 0.211 e. The van der Waals surface area contributed by atoms with Gasteiger partial charge in [-0.25, -0.2) is 13.1 Å². The summed E-state index contributed by atoms with van der Waals surface area (Å²) in [7, 11) is -3.27. The second-order valence-corrected chi connectivity index (χ2v) is 7.75. The van der Waals surface area contributed by atoms with Gasteiger partial charge in [-0.05, 0) is 44.4 Å². The molecule has 0 aliphatic heterocycles. The number of aliphatic hydroxyl groups is 1. The van der Waals surface area contributed by atoms with Gasteiger partial charge in [-0.15, -0.1) is 11.6 Å². The first-order valence-corrected chi connectivity index (χ1v) is 8.81. The van der Waals surface area contributed by atoms with Gasteiger partial charge in [0.2, 0.25) is 10.0 Å². The first-order valence-electron chi connectivity index (χ1n) is 6.63. The van der Waals surface area contributed by atoms with Crippen LogP contribution in [0.25, 0.3) is 0 Å². The SMILES string of the molecule is CC1CCC(O)(CNS(=O)(=O)CCCCCl)CC1. The van der Waals surface area contributed by atoms with E-state index in [1.54, 1.807) is 0 Å². The van der Waals surface area contributed by atoms with E-state index in [0.29, 0.717) is 37.5 Å². The summed E-state index contributed by atoms with van der Waals surface area (Å²) in [5, 5.41) is 10.3. The number of hydrogen-bond donors (Lipinski definition) is 2. The van der Waals surface area contributed by atoms with Crippen molar-refractivity contribution >= 4 is 21.6 Å². The normalized spacial score (nSPS) is 29.4. The van der Waals surface area contributed by atoms with Crippen LogP contribution >= 0.6 is 11.6 Å². The maximum absolute atomic E-state index is 11.7. The molecule has 0 aromatic rings. The molecule has 1 saturated carbocycles. The molecule has 0 saturated heterocycles. The summed E-state index contributed by atoms with van der Waals surface area (Å²) in [4.78, 5) is 0. The number of unbranched alkanes of at least 4 members (excludes halogenated alkanes) is 1. The molecule has 0 atom stereocenters. The molecule has 18 heavy (non-hydrogen) atoms. The zero-order valence-corrected chi connectivity index (χ0v) is 12.6. The topological polar surface area (TPSA) is 66.4 Å². The summed E-state index contributed by atoms with van der Waals surface area (Å²) in [6.07, 6.45) is 4.55. The highest BCUT2D eigenvalue weighted by molar-refractivity contribution is 7.89. The fourth-order valence-corrected chi connectivity index (χ4v) is 3.59. The van der Waals surface area contributed by atoms with E-state index in [1.165, 1.54) is 0 Å². The van der Waals surface area contributed by atoms with Crippen LogP contribution in [0.4, 0.5) is 0 Å². The summed E-state index contributed by atoms with van der Waals surface area (Å²) in [6, 6.07) is 0. The summed E-state index contributed by atoms with van der Waals surface area (Å²) < 4.78 is 25.9. The van der Waals surface area contributed by atoms with Crippen LogP contribution in [0.3, 0.4) is 0 Å². The lowest BCUT2D eigenvalue weighted by atomic mass is 9.80. The minimum absolute atomic E-state index is 0.0895. The lowest BCUT2D eigenvalue weighted by Gasteiger charge is -2.34. The molecular formula is C12H24ClNO3S. The molecule has 1 aliphatic rings. The monoisotopic (exact) mass is 297 g/mol. The molecular weight excluding hydrogens is 274 g/mol. The van der Waals surface area contributed by atoms with Crippen LogP contribution in [-0.4, -0.2) is 37.3 Å². The largest absolute Gasteiger partial charge is 0.389 e. The lowest BCUT2D eigenvalue weighted by molar-refractivity contribution is -0.00182. The maximum Gasteiger partial charge on any atom is 0.211 e. The highest BCUT2D eigenvalue weighted by atomic mass is 35.5. The Morgan fingerprint density at radius 1 is 1.33 bits per heavy atom. The third kappa shape index (κ3) is 5.87. The average molecular weight is 298 g/mol. The van der Waals surface area contributed by atoms with E-state index in [9.17, 15) is 13.5 Å². The predicted octanol–water partition coefficient (Wildman–Crippen LogP) is 1.87. The number of nitrogens with one attached hydrogen (secondary N) is 1. The molecule has 0 aromatic carbocycles. The molecule has 2 N–H and O–H groups in total. The predicted molar refractivity (Wildman–Crippen MR) is 74.3 cm³/mol. The molecule has 0 heterocycles. The average Bonchev–Trinajstić information content (AvgIpc) is 2.32. The van der Waals surface area contributed by atoms with Crippen LogP contribution < -0.4 is 4.72 Å². The second-order valence-electron chi connectivity index (χ2n) is 5.44. The number of alkyl halides is 1. The Morgan fingerprint density at radius 2 is 1.94 bits per heavy atom. The Balaban J connectivity index is 2.34. The number of rotatable bonds is 7. The molecule has 1 rings (SSSR count). The Labute approximate surface area is 115 Å². The quantitative estimate of drug-likeness (QED) is 0.557. The molecule has 0 bridgehead atoms. The fourth-order valence-electron chi connectivity index (χ4n) is 2.18.